The Hall–Kier alpha value is -1.55. The van der Waals surface area contributed by atoms with E-state index < -0.39 is 11.7 Å². The van der Waals surface area contributed by atoms with Crippen LogP contribution in [-0.2, 0) is 11.2 Å². The molecule has 4 nitrogen and oxygen atoms in total. The third-order valence-electron chi connectivity index (χ3n) is 4.18. The molecule has 128 valence electrons. The minimum atomic E-state index is -0.512. The first kappa shape index (κ1) is 17.8. The average Bonchev–Trinajstić information content (AvgIpc) is 3.28. The number of rotatable bonds is 7. The summed E-state index contributed by atoms with van der Waals surface area (Å²) in [6.45, 7) is 6.04. The molecule has 0 spiro atoms. The summed E-state index contributed by atoms with van der Waals surface area (Å²) in [5.74, 6) is 0.672. The van der Waals surface area contributed by atoms with E-state index in [9.17, 15) is 9.90 Å². The molecule has 0 aromatic heterocycles. The molecule has 1 unspecified atom stereocenters. The van der Waals surface area contributed by atoms with Crippen LogP contribution < -0.4 is 5.32 Å². The first-order valence-electron chi connectivity index (χ1n) is 8.44. The number of nitrogens with one attached hydrogen (secondary N) is 1. The lowest BCUT2D eigenvalue weighted by atomic mass is 9.77. The number of amides is 1. The molecule has 4 heteroatoms. The summed E-state index contributed by atoms with van der Waals surface area (Å²) in [5, 5.41) is 12.9. The van der Waals surface area contributed by atoms with Crippen molar-refractivity contribution in [1.82, 2.24) is 5.32 Å². The van der Waals surface area contributed by atoms with Gasteiger partial charge in [0.25, 0.3) is 0 Å². The Bertz CT molecular complexity index is 505. The van der Waals surface area contributed by atoms with Crippen molar-refractivity contribution in [3.63, 3.8) is 0 Å². The van der Waals surface area contributed by atoms with Gasteiger partial charge in [-0.3, -0.25) is 0 Å². The van der Waals surface area contributed by atoms with Crippen LogP contribution in [0.25, 0.3) is 0 Å². The molecule has 1 aromatic rings. The van der Waals surface area contributed by atoms with Gasteiger partial charge in [0.2, 0.25) is 0 Å². The second kappa shape index (κ2) is 7.35. The molecule has 1 fully saturated rings. The minimum Gasteiger partial charge on any atom is -0.444 e. The van der Waals surface area contributed by atoms with Crippen LogP contribution >= 0.6 is 0 Å². The molecule has 1 aliphatic rings. The highest BCUT2D eigenvalue weighted by atomic mass is 16.6. The summed E-state index contributed by atoms with van der Waals surface area (Å²) < 4.78 is 5.32. The van der Waals surface area contributed by atoms with Gasteiger partial charge in [0.05, 0.1) is 6.61 Å². The summed E-state index contributed by atoms with van der Waals surface area (Å²) in [6.07, 6.45) is 3.73. The summed E-state index contributed by atoms with van der Waals surface area (Å²) in [4.78, 5) is 12.0. The van der Waals surface area contributed by atoms with Gasteiger partial charge >= 0.3 is 6.09 Å². The summed E-state index contributed by atoms with van der Waals surface area (Å²) in [7, 11) is 0. The van der Waals surface area contributed by atoms with Gasteiger partial charge in [-0.25, -0.2) is 4.79 Å². The normalized spacial score (nSPS) is 17.4. The van der Waals surface area contributed by atoms with Crippen LogP contribution in [0.15, 0.2) is 30.3 Å². The molecule has 0 aliphatic heterocycles. The molecule has 0 heterocycles. The molecule has 23 heavy (non-hydrogen) atoms. The van der Waals surface area contributed by atoms with Crippen molar-refractivity contribution in [3.8, 4) is 0 Å². The van der Waals surface area contributed by atoms with Crippen molar-refractivity contribution in [2.24, 2.45) is 11.3 Å². The molecule has 0 bridgehead atoms. The maximum atomic E-state index is 12.0. The Morgan fingerprint density at radius 1 is 1.26 bits per heavy atom. The van der Waals surface area contributed by atoms with Gasteiger partial charge in [0, 0.05) is 12.0 Å². The summed E-state index contributed by atoms with van der Waals surface area (Å²) >= 11 is 0. The van der Waals surface area contributed by atoms with Crippen LogP contribution in [0.2, 0.25) is 0 Å². The van der Waals surface area contributed by atoms with E-state index in [1.807, 2.05) is 39.0 Å². The molecule has 0 radical (unpaired) electrons. The molecular weight excluding hydrogens is 290 g/mol. The van der Waals surface area contributed by atoms with Crippen LogP contribution in [0.5, 0.6) is 0 Å². The Labute approximate surface area is 139 Å². The second-order valence-electron chi connectivity index (χ2n) is 7.82. The Morgan fingerprint density at radius 3 is 2.43 bits per heavy atom. The lowest BCUT2D eigenvalue weighted by molar-refractivity contribution is 0.0449. The minimum absolute atomic E-state index is 0.0637. The van der Waals surface area contributed by atoms with Crippen molar-refractivity contribution in [3.05, 3.63) is 35.9 Å². The largest absolute Gasteiger partial charge is 0.444 e. The number of aliphatic hydroxyl groups excluding tert-OH is 1. The third-order valence-corrected chi connectivity index (χ3v) is 4.18. The number of carbonyl (C=O) groups excluding carboxylic acids is 1. The molecule has 1 aliphatic carbocycles. The van der Waals surface area contributed by atoms with Crippen LogP contribution in [0.4, 0.5) is 4.79 Å². The zero-order chi connectivity index (χ0) is 16.9. The van der Waals surface area contributed by atoms with Crippen molar-refractivity contribution in [2.75, 3.05) is 13.2 Å². The van der Waals surface area contributed by atoms with Gasteiger partial charge in [0.15, 0.2) is 0 Å². The highest BCUT2D eigenvalue weighted by Gasteiger charge is 2.37. The Kier molecular flexibility index (Phi) is 5.69. The fraction of sp³-hybridized carbons (Fsp3) is 0.632. The number of hydrogen-bond donors (Lipinski definition) is 2. The van der Waals surface area contributed by atoms with Crippen LogP contribution in [0.1, 0.15) is 45.6 Å². The molecule has 2 N–H and O–H groups in total. The SMILES string of the molecule is CC(C)(C)OC(=O)NCC(CO)(Cc1ccccc1)CC1CC1. The van der Waals surface area contributed by atoms with E-state index >= 15 is 0 Å². The number of alkyl carbamates (subject to hydrolysis) is 1. The van der Waals surface area contributed by atoms with Crippen molar-refractivity contribution >= 4 is 6.09 Å². The Morgan fingerprint density at radius 2 is 1.91 bits per heavy atom. The van der Waals surface area contributed by atoms with Gasteiger partial charge in [-0.15, -0.1) is 0 Å². The van der Waals surface area contributed by atoms with E-state index in [0.717, 1.165) is 12.8 Å². The molecule has 1 saturated carbocycles. The van der Waals surface area contributed by atoms with Crippen molar-refractivity contribution in [2.45, 2.75) is 52.1 Å². The van der Waals surface area contributed by atoms with Gasteiger partial charge < -0.3 is 15.2 Å². The number of aliphatic hydroxyl groups is 1. The van der Waals surface area contributed by atoms with Gasteiger partial charge in [0.1, 0.15) is 5.60 Å². The second-order valence-corrected chi connectivity index (χ2v) is 7.82. The predicted molar refractivity (Wildman–Crippen MR) is 91.2 cm³/mol. The van der Waals surface area contributed by atoms with Gasteiger partial charge in [-0.1, -0.05) is 43.2 Å². The van der Waals surface area contributed by atoms with Gasteiger partial charge in [-0.2, -0.15) is 0 Å². The van der Waals surface area contributed by atoms with E-state index in [1.165, 1.54) is 18.4 Å². The lowest BCUT2D eigenvalue weighted by Crippen LogP contribution is -2.43. The zero-order valence-electron chi connectivity index (χ0n) is 14.5. The van der Waals surface area contributed by atoms with Crippen LogP contribution in [0.3, 0.4) is 0 Å². The fourth-order valence-corrected chi connectivity index (χ4v) is 2.92. The van der Waals surface area contributed by atoms with Crippen molar-refractivity contribution < 1.29 is 14.6 Å². The molecule has 0 saturated heterocycles. The average molecular weight is 319 g/mol. The maximum absolute atomic E-state index is 12.0. The number of benzene rings is 1. The monoisotopic (exact) mass is 319 g/mol. The van der Waals surface area contributed by atoms with E-state index in [1.54, 1.807) is 0 Å². The third kappa shape index (κ3) is 6.22. The zero-order valence-corrected chi connectivity index (χ0v) is 14.5. The van der Waals surface area contributed by atoms with E-state index in [0.29, 0.717) is 12.5 Å². The highest BCUT2D eigenvalue weighted by Crippen LogP contribution is 2.41. The molecule has 2 rings (SSSR count). The lowest BCUT2D eigenvalue weighted by Gasteiger charge is -2.33. The standard InChI is InChI=1S/C19H29NO3/c1-18(2,3)23-17(22)20-13-19(14-21,12-16-9-10-16)11-15-7-5-4-6-8-15/h4-8,16,21H,9-14H2,1-3H3,(H,20,22). The number of ether oxygens (including phenoxy) is 1. The summed E-state index contributed by atoms with van der Waals surface area (Å²) in [5.41, 5.74) is 0.356. The molecule has 1 atom stereocenters. The first-order chi connectivity index (χ1) is 10.8. The van der Waals surface area contributed by atoms with E-state index in [-0.39, 0.29) is 12.0 Å². The molecule has 1 amide bonds. The number of carbonyl (C=O) groups is 1. The number of hydrogen-bond acceptors (Lipinski definition) is 3. The quantitative estimate of drug-likeness (QED) is 0.808. The first-order valence-corrected chi connectivity index (χ1v) is 8.44. The Balaban J connectivity index is 2.02. The maximum Gasteiger partial charge on any atom is 0.407 e. The predicted octanol–water partition coefficient (Wildman–Crippen LogP) is 3.53. The van der Waals surface area contributed by atoms with E-state index in [4.69, 9.17) is 4.74 Å². The molecular formula is C19H29NO3. The van der Waals surface area contributed by atoms with Crippen LogP contribution in [0, 0.1) is 11.3 Å². The smallest absolute Gasteiger partial charge is 0.407 e. The van der Waals surface area contributed by atoms with Crippen molar-refractivity contribution in [1.29, 1.82) is 0 Å². The van der Waals surface area contributed by atoms with E-state index in [2.05, 4.69) is 17.4 Å². The summed E-state index contributed by atoms with van der Waals surface area (Å²) in [6, 6.07) is 10.2. The topological polar surface area (TPSA) is 58.6 Å². The highest BCUT2D eigenvalue weighted by molar-refractivity contribution is 5.67. The van der Waals surface area contributed by atoms with Crippen LogP contribution in [-0.4, -0.2) is 30.0 Å². The fourth-order valence-electron chi connectivity index (χ4n) is 2.92. The van der Waals surface area contributed by atoms with Gasteiger partial charge in [-0.05, 0) is 45.1 Å². The molecule has 1 aromatic carbocycles.